The molecule has 0 saturated carbocycles. The topological polar surface area (TPSA) is 26.3 Å². The fourth-order valence-electron chi connectivity index (χ4n) is 0.318. The van der Waals surface area contributed by atoms with Crippen molar-refractivity contribution in [2.24, 2.45) is 0 Å². The maximum absolute atomic E-state index is 10.6. The lowest BCUT2D eigenvalue weighted by molar-refractivity contribution is -0.137. The van der Waals surface area contributed by atoms with Gasteiger partial charge in [0.25, 0.3) is 0 Å². The first-order valence-electron chi connectivity index (χ1n) is 3.01. The molecule has 0 spiro atoms. The number of hydrogen-bond acceptors (Lipinski definition) is 2. The molecule has 0 bridgehead atoms. The van der Waals surface area contributed by atoms with E-state index in [1.807, 2.05) is 0 Å². The van der Waals surface area contributed by atoms with Gasteiger partial charge in [-0.3, -0.25) is 0 Å². The molecule has 52 valence electrons. The van der Waals surface area contributed by atoms with Crippen molar-refractivity contribution in [2.75, 3.05) is 6.23 Å². The lowest BCUT2D eigenvalue weighted by atomic mass is 10.4. The molecule has 9 heavy (non-hydrogen) atoms. The van der Waals surface area contributed by atoms with Crippen molar-refractivity contribution >= 4 is 15.5 Å². The van der Waals surface area contributed by atoms with Gasteiger partial charge < -0.3 is 4.74 Å². The van der Waals surface area contributed by atoms with Crippen LogP contribution in [-0.2, 0) is 9.53 Å². The Kier molecular flexibility index (Phi) is 4.04. The number of ether oxygens (including phenoxy) is 1. The Labute approximate surface area is 57.7 Å². The van der Waals surface area contributed by atoms with E-state index in [0.29, 0.717) is 11.8 Å². The zero-order valence-corrected chi connectivity index (χ0v) is 7.35. The molecule has 0 aromatic rings. The molecule has 0 atom stereocenters. The van der Waals surface area contributed by atoms with E-state index in [9.17, 15) is 4.79 Å². The molecule has 2 nitrogen and oxygen atoms in total. The van der Waals surface area contributed by atoms with Crippen molar-refractivity contribution in [3.8, 4) is 0 Å². The van der Waals surface area contributed by atoms with Crippen LogP contribution in [0.1, 0.15) is 6.92 Å². The van der Waals surface area contributed by atoms with Crippen molar-refractivity contribution in [3.05, 3.63) is 12.2 Å². The van der Waals surface area contributed by atoms with E-state index in [-0.39, 0.29) is 15.5 Å². The van der Waals surface area contributed by atoms with Crippen molar-refractivity contribution in [1.82, 2.24) is 0 Å². The summed E-state index contributed by atoms with van der Waals surface area (Å²) in [6.07, 6.45) is 0.631. The van der Waals surface area contributed by atoms with E-state index < -0.39 is 0 Å². The lowest BCUT2D eigenvalue weighted by Gasteiger charge is -1.99. The molecule has 0 heterocycles. The first-order chi connectivity index (χ1) is 4.18. The summed E-state index contributed by atoms with van der Waals surface area (Å²) in [6, 6.07) is 0. The van der Waals surface area contributed by atoms with Gasteiger partial charge in [-0.05, 0) is 6.92 Å². The zero-order valence-electron chi connectivity index (χ0n) is 5.94. The van der Waals surface area contributed by atoms with Gasteiger partial charge >= 0.3 is 5.97 Å². The smallest absolute Gasteiger partial charge is 0.332 e. The van der Waals surface area contributed by atoms with Crippen molar-refractivity contribution < 1.29 is 9.53 Å². The van der Waals surface area contributed by atoms with Crippen LogP contribution in [0.25, 0.3) is 0 Å². The summed E-state index contributed by atoms with van der Waals surface area (Å²) < 4.78 is 4.78. The van der Waals surface area contributed by atoms with Crippen LogP contribution in [0.3, 0.4) is 0 Å². The van der Waals surface area contributed by atoms with Crippen LogP contribution in [-0.4, -0.2) is 21.7 Å². The molecule has 0 saturated heterocycles. The maximum atomic E-state index is 10.6. The predicted octanol–water partition coefficient (Wildman–Crippen LogP) is 0.280. The minimum Gasteiger partial charge on any atom is -0.467 e. The Hall–Kier alpha value is -0.573. The van der Waals surface area contributed by atoms with E-state index in [1.54, 1.807) is 6.92 Å². The van der Waals surface area contributed by atoms with E-state index >= 15 is 0 Å². The molecule has 3 heteroatoms. The molecule has 0 radical (unpaired) electrons. The number of carbonyl (C=O) groups is 1. The lowest BCUT2D eigenvalue weighted by Crippen LogP contribution is -2.08. The average molecular weight is 144 g/mol. The van der Waals surface area contributed by atoms with E-state index in [1.165, 1.54) is 0 Å². The van der Waals surface area contributed by atoms with Crippen molar-refractivity contribution in [3.63, 3.8) is 0 Å². The van der Waals surface area contributed by atoms with E-state index in [2.05, 4.69) is 13.1 Å². The van der Waals surface area contributed by atoms with Crippen LogP contribution >= 0.6 is 0 Å². The van der Waals surface area contributed by atoms with Crippen LogP contribution in [0.2, 0.25) is 6.55 Å². The minimum absolute atomic E-state index is 0.145. The Morgan fingerprint density at radius 2 is 2.33 bits per heavy atom. The first-order valence-corrected chi connectivity index (χ1v) is 5.42. The van der Waals surface area contributed by atoms with Crippen molar-refractivity contribution in [1.29, 1.82) is 0 Å². The van der Waals surface area contributed by atoms with Crippen LogP contribution < -0.4 is 0 Å². The molecule has 0 aliphatic carbocycles. The summed E-state index contributed by atoms with van der Waals surface area (Å²) in [5.74, 6) is -0.260. The van der Waals surface area contributed by atoms with Crippen LogP contribution in [0.15, 0.2) is 12.2 Å². The van der Waals surface area contributed by atoms with E-state index in [0.717, 1.165) is 0 Å². The molecule has 0 N–H and O–H groups in total. The molecule has 0 fully saturated rings. The summed E-state index contributed by atoms with van der Waals surface area (Å²) in [4.78, 5) is 10.6. The molecule has 0 aliphatic heterocycles. The molecule has 0 rings (SSSR count). The molecule has 0 unspecified atom stereocenters. The fourth-order valence-corrected chi connectivity index (χ4v) is 0.707. The standard InChI is InChI=1S/C6H12O2Si/c1-5(2)6(7)8-4-9-3/h1,4,9H2,2-3H3. The number of carbonyl (C=O) groups excluding carboxylic acids is 1. The number of hydrogen-bond donors (Lipinski definition) is 0. The maximum Gasteiger partial charge on any atom is 0.332 e. The fraction of sp³-hybridized carbons (Fsp3) is 0.500. The number of esters is 1. The van der Waals surface area contributed by atoms with Crippen LogP contribution in [0.5, 0.6) is 0 Å². The third-order valence-electron chi connectivity index (χ3n) is 0.786. The Bertz CT molecular complexity index is 120. The van der Waals surface area contributed by atoms with Gasteiger partial charge in [0, 0.05) is 5.57 Å². The van der Waals surface area contributed by atoms with Gasteiger partial charge in [0.15, 0.2) is 0 Å². The van der Waals surface area contributed by atoms with Gasteiger partial charge in [-0.15, -0.1) is 0 Å². The second-order valence-corrected chi connectivity index (χ2v) is 3.32. The van der Waals surface area contributed by atoms with Crippen LogP contribution in [0, 0.1) is 0 Å². The summed E-state index contributed by atoms with van der Waals surface area (Å²) in [5, 5.41) is 0. The number of rotatable bonds is 3. The van der Waals surface area contributed by atoms with E-state index in [4.69, 9.17) is 4.74 Å². The van der Waals surface area contributed by atoms with Crippen LogP contribution in [0.4, 0.5) is 0 Å². The van der Waals surface area contributed by atoms with Gasteiger partial charge in [0.05, 0.1) is 15.7 Å². The largest absolute Gasteiger partial charge is 0.467 e. The second-order valence-electron chi connectivity index (χ2n) is 1.92. The molecular weight excluding hydrogens is 132 g/mol. The van der Waals surface area contributed by atoms with Gasteiger partial charge in [-0.2, -0.15) is 0 Å². The average Bonchev–Trinajstić information content (AvgIpc) is 1.82. The highest BCUT2D eigenvalue weighted by atomic mass is 28.2. The molecule has 0 aromatic heterocycles. The summed E-state index contributed by atoms with van der Waals surface area (Å²) in [6.45, 7) is 7.19. The molecule has 0 amide bonds. The summed E-state index contributed by atoms with van der Waals surface area (Å²) in [5.41, 5.74) is 0.484. The zero-order chi connectivity index (χ0) is 7.28. The Balaban J connectivity index is 3.39. The molecular formula is C6H12O2Si. The Morgan fingerprint density at radius 1 is 1.78 bits per heavy atom. The third-order valence-corrected chi connectivity index (χ3v) is 1.40. The van der Waals surface area contributed by atoms with Gasteiger partial charge in [-0.25, -0.2) is 4.79 Å². The van der Waals surface area contributed by atoms with Gasteiger partial charge in [0.1, 0.15) is 0 Å². The molecule has 0 aromatic carbocycles. The normalized spacial score (nSPS) is 10.0. The summed E-state index contributed by atoms with van der Waals surface area (Å²) in [7, 11) is -0.145. The van der Waals surface area contributed by atoms with Crippen molar-refractivity contribution in [2.45, 2.75) is 13.5 Å². The Morgan fingerprint density at radius 3 is 2.67 bits per heavy atom. The monoisotopic (exact) mass is 144 g/mol. The highest BCUT2D eigenvalue weighted by Crippen LogP contribution is 1.89. The van der Waals surface area contributed by atoms with Gasteiger partial charge in [-0.1, -0.05) is 13.1 Å². The first kappa shape index (κ1) is 8.43. The quantitative estimate of drug-likeness (QED) is 0.323. The third kappa shape index (κ3) is 3.97. The predicted molar refractivity (Wildman–Crippen MR) is 40.2 cm³/mol. The molecule has 0 aliphatic rings. The highest BCUT2D eigenvalue weighted by Gasteiger charge is 1.99. The second kappa shape index (κ2) is 4.32. The van der Waals surface area contributed by atoms with Gasteiger partial charge in [0.2, 0.25) is 0 Å². The minimum atomic E-state index is -0.260. The summed E-state index contributed by atoms with van der Waals surface area (Å²) >= 11 is 0. The SMILES string of the molecule is C=C(C)C(=O)OC[SiH2]C. The highest BCUT2D eigenvalue weighted by molar-refractivity contribution is 6.33.